The molecule has 27 heavy (non-hydrogen) atoms. The number of H-pyrrole nitrogens is 1. The lowest BCUT2D eigenvalue weighted by Gasteiger charge is -2.39. The lowest BCUT2D eigenvalue weighted by atomic mass is 10.2. The minimum Gasteiger partial charge on any atom is -0.497 e. The molecule has 9 heteroatoms. The SMILES string of the molecule is CN=C(NCc1nc(-c2ccc(OC)cc2)n[nH]1)N1CCSC(C)(C)C1.I. The van der Waals surface area contributed by atoms with E-state index >= 15 is 0 Å². The molecule has 0 spiro atoms. The van der Waals surface area contributed by atoms with E-state index in [4.69, 9.17) is 4.74 Å². The van der Waals surface area contributed by atoms with Crippen molar-refractivity contribution < 1.29 is 4.74 Å². The number of thioether (sulfide) groups is 1. The second-order valence-electron chi connectivity index (χ2n) is 6.76. The number of aromatic nitrogens is 3. The second-order valence-corrected chi connectivity index (χ2v) is 8.57. The summed E-state index contributed by atoms with van der Waals surface area (Å²) >= 11 is 2.01. The van der Waals surface area contributed by atoms with Gasteiger partial charge in [0.05, 0.1) is 13.7 Å². The zero-order valence-corrected chi connectivity index (χ0v) is 19.3. The van der Waals surface area contributed by atoms with Gasteiger partial charge in [-0.15, -0.1) is 24.0 Å². The Morgan fingerprint density at radius 3 is 2.74 bits per heavy atom. The molecular formula is C18H27IN6OS. The fourth-order valence-electron chi connectivity index (χ4n) is 2.94. The molecule has 1 aliphatic heterocycles. The van der Waals surface area contributed by atoms with E-state index in [0.29, 0.717) is 12.4 Å². The molecule has 1 aromatic carbocycles. The molecule has 1 saturated heterocycles. The summed E-state index contributed by atoms with van der Waals surface area (Å²) in [6.45, 7) is 7.08. The Balaban J connectivity index is 0.00000261. The normalized spacial score (nSPS) is 16.6. The summed E-state index contributed by atoms with van der Waals surface area (Å²) in [5.74, 6) is 4.29. The van der Waals surface area contributed by atoms with Crippen molar-refractivity contribution in [1.29, 1.82) is 0 Å². The van der Waals surface area contributed by atoms with Crippen LogP contribution >= 0.6 is 35.7 Å². The largest absolute Gasteiger partial charge is 0.497 e. The summed E-state index contributed by atoms with van der Waals surface area (Å²) in [5.41, 5.74) is 0.951. The van der Waals surface area contributed by atoms with Crippen LogP contribution in [0.1, 0.15) is 19.7 Å². The van der Waals surface area contributed by atoms with Crippen LogP contribution in [0.4, 0.5) is 0 Å². The summed E-state index contributed by atoms with van der Waals surface area (Å²) in [6, 6.07) is 7.71. The third-order valence-electron chi connectivity index (χ3n) is 4.23. The topological polar surface area (TPSA) is 78.4 Å². The van der Waals surface area contributed by atoms with Gasteiger partial charge in [0.1, 0.15) is 11.6 Å². The van der Waals surface area contributed by atoms with Gasteiger partial charge in [-0.3, -0.25) is 10.1 Å². The van der Waals surface area contributed by atoms with E-state index in [1.54, 1.807) is 7.11 Å². The standard InChI is InChI=1S/C18H26N6OS.HI/c1-18(2)12-24(9-10-26-18)17(19-3)20-11-15-21-16(23-22-15)13-5-7-14(25-4)8-6-13;/h5-8H,9-12H2,1-4H3,(H,19,20)(H,21,22,23);1H. The first-order chi connectivity index (χ1) is 12.5. The summed E-state index contributed by atoms with van der Waals surface area (Å²) in [4.78, 5) is 11.3. The Morgan fingerprint density at radius 1 is 1.37 bits per heavy atom. The maximum Gasteiger partial charge on any atom is 0.194 e. The average molecular weight is 502 g/mol. The second kappa shape index (κ2) is 9.63. The molecule has 0 unspecified atom stereocenters. The average Bonchev–Trinajstić information content (AvgIpc) is 3.10. The number of benzene rings is 1. The number of hydrogen-bond donors (Lipinski definition) is 2. The summed E-state index contributed by atoms with van der Waals surface area (Å²) < 4.78 is 5.42. The van der Waals surface area contributed by atoms with Crippen molar-refractivity contribution >= 4 is 41.7 Å². The molecule has 0 aliphatic carbocycles. The van der Waals surface area contributed by atoms with Gasteiger partial charge in [-0.25, -0.2) is 4.98 Å². The molecular weight excluding hydrogens is 475 g/mol. The van der Waals surface area contributed by atoms with Crippen LogP contribution in [-0.4, -0.2) is 63.8 Å². The first-order valence-electron chi connectivity index (χ1n) is 8.66. The molecule has 1 aliphatic rings. The van der Waals surface area contributed by atoms with Gasteiger partial charge in [-0.1, -0.05) is 0 Å². The molecule has 3 rings (SSSR count). The van der Waals surface area contributed by atoms with E-state index in [9.17, 15) is 0 Å². The number of nitrogens with one attached hydrogen (secondary N) is 2. The Hall–Kier alpha value is -1.49. The highest BCUT2D eigenvalue weighted by Gasteiger charge is 2.28. The van der Waals surface area contributed by atoms with Crippen molar-refractivity contribution in [3.63, 3.8) is 0 Å². The number of hydrogen-bond acceptors (Lipinski definition) is 5. The van der Waals surface area contributed by atoms with Crippen LogP contribution in [0.25, 0.3) is 11.4 Å². The number of guanidine groups is 1. The van der Waals surface area contributed by atoms with Gasteiger partial charge >= 0.3 is 0 Å². The molecule has 2 N–H and O–H groups in total. The highest BCUT2D eigenvalue weighted by atomic mass is 127. The Kier molecular flexibility index (Phi) is 7.78. The van der Waals surface area contributed by atoms with Gasteiger partial charge in [0.2, 0.25) is 0 Å². The van der Waals surface area contributed by atoms with E-state index in [0.717, 1.165) is 41.9 Å². The van der Waals surface area contributed by atoms with E-state index in [1.165, 1.54) is 0 Å². The predicted molar refractivity (Wildman–Crippen MR) is 122 cm³/mol. The molecule has 148 valence electrons. The third kappa shape index (κ3) is 5.74. The minimum absolute atomic E-state index is 0. The van der Waals surface area contributed by atoms with Gasteiger partial charge in [-0.2, -0.15) is 16.9 Å². The van der Waals surface area contributed by atoms with Gasteiger partial charge in [-0.05, 0) is 38.1 Å². The number of ether oxygens (including phenoxy) is 1. The number of rotatable bonds is 4. The van der Waals surface area contributed by atoms with Crippen LogP contribution in [0.2, 0.25) is 0 Å². The number of aliphatic imine (C=N–C) groups is 1. The zero-order chi connectivity index (χ0) is 18.6. The van der Waals surface area contributed by atoms with Crippen LogP contribution in [0, 0.1) is 0 Å². The van der Waals surface area contributed by atoms with Crippen LogP contribution in [0.3, 0.4) is 0 Å². The van der Waals surface area contributed by atoms with E-state index in [-0.39, 0.29) is 28.7 Å². The minimum atomic E-state index is 0. The Morgan fingerprint density at radius 2 is 2.11 bits per heavy atom. The van der Waals surface area contributed by atoms with Gasteiger partial charge in [0.25, 0.3) is 0 Å². The summed E-state index contributed by atoms with van der Waals surface area (Å²) in [7, 11) is 3.47. The quantitative estimate of drug-likeness (QED) is 0.380. The van der Waals surface area contributed by atoms with E-state index < -0.39 is 0 Å². The van der Waals surface area contributed by atoms with Crippen LogP contribution in [-0.2, 0) is 6.54 Å². The monoisotopic (exact) mass is 502 g/mol. The predicted octanol–water partition coefficient (Wildman–Crippen LogP) is 3.00. The fourth-order valence-corrected chi connectivity index (χ4v) is 4.05. The fraction of sp³-hybridized carbons (Fsp3) is 0.500. The van der Waals surface area contributed by atoms with Crippen molar-refractivity contribution in [3.05, 3.63) is 30.1 Å². The lowest BCUT2D eigenvalue weighted by Crippen LogP contribution is -2.50. The molecule has 0 radical (unpaired) electrons. The van der Waals surface area contributed by atoms with Crippen LogP contribution in [0.5, 0.6) is 5.75 Å². The molecule has 7 nitrogen and oxygen atoms in total. The molecule has 0 saturated carbocycles. The number of methoxy groups -OCH3 is 1. The molecule has 2 aromatic rings. The Bertz CT molecular complexity index is 761. The zero-order valence-electron chi connectivity index (χ0n) is 16.2. The van der Waals surface area contributed by atoms with E-state index in [1.807, 2.05) is 43.1 Å². The number of halogens is 1. The molecule has 0 bridgehead atoms. The highest BCUT2D eigenvalue weighted by molar-refractivity contribution is 14.0. The first kappa shape index (κ1) is 21.8. The van der Waals surface area contributed by atoms with Crippen LogP contribution in [0.15, 0.2) is 29.3 Å². The van der Waals surface area contributed by atoms with Crippen molar-refractivity contribution in [2.24, 2.45) is 4.99 Å². The maximum absolute atomic E-state index is 5.18. The van der Waals surface area contributed by atoms with E-state index in [2.05, 4.69) is 44.2 Å². The van der Waals surface area contributed by atoms with Crippen molar-refractivity contribution in [2.45, 2.75) is 25.1 Å². The molecule has 0 amide bonds. The van der Waals surface area contributed by atoms with Gasteiger partial charge < -0.3 is 15.0 Å². The van der Waals surface area contributed by atoms with Crippen molar-refractivity contribution in [2.75, 3.05) is 33.0 Å². The van der Waals surface area contributed by atoms with Crippen LogP contribution < -0.4 is 10.1 Å². The summed E-state index contributed by atoms with van der Waals surface area (Å²) in [5, 5.41) is 10.7. The molecule has 0 atom stereocenters. The number of aromatic amines is 1. The smallest absolute Gasteiger partial charge is 0.194 e. The third-order valence-corrected chi connectivity index (χ3v) is 5.53. The molecule has 1 fully saturated rings. The van der Waals surface area contributed by atoms with Crippen molar-refractivity contribution in [3.8, 4) is 17.1 Å². The lowest BCUT2D eigenvalue weighted by molar-refractivity contribution is 0.375. The van der Waals surface area contributed by atoms with Gasteiger partial charge in [0, 0.05) is 36.2 Å². The highest BCUT2D eigenvalue weighted by Crippen LogP contribution is 2.29. The maximum atomic E-state index is 5.18. The van der Waals surface area contributed by atoms with Crippen molar-refractivity contribution in [1.82, 2.24) is 25.4 Å². The molecule has 1 aromatic heterocycles. The van der Waals surface area contributed by atoms with Gasteiger partial charge in [0.15, 0.2) is 11.8 Å². The number of nitrogens with zero attached hydrogens (tertiary/aromatic N) is 4. The summed E-state index contributed by atoms with van der Waals surface area (Å²) in [6.07, 6.45) is 0. The molecule has 2 heterocycles. The Labute approximate surface area is 181 Å². The first-order valence-corrected chi connectivity index (χ1v) is 9.64.